The molecule has 1 aromatic carbocycles. The number of hydrogen-bond acceptors (Lipinski definition) is 2. The highest BCUT2D eigenvalue weighted by Gasteiger charge is 2.11. The smallest absolute Gasteiger partial charge is 0.0449 e. The van der Waals surface area contributed by atoms with Crippen LogP contribution in [0.1, 0.15) is 24.5 Å². The minimum Gasteiger partial charge on any atom is -0.314 e. The maximum atomic E-state index is 6.32. The van der Waals surface area contributed by atoms with Crippen molar-refractivity contribution in [1.29, 1.82) is 0 Å². The summed E-state index contributed by atoms with van der Waals surface area (Å²) in [7, 11) is 0. The molecule has 0 saturated heterocycles. The zero-order chi connectivity index (χ0) is 15.1. The molecule has 21 heavy (non-hydrogen) atoms. The Hall–Kier alpha value is -0.900. The zero-order valence-electron chi connectivity index (χ0n) is 12.2. The number of halogens is 2. The monoisotopic (exact) mass is 366 g/mol. The van der Waals surface area contributed by atoms with Crippen LogP contribution in [0, 0.1) is 0 Å². The first-order valence-electron chi connectivity index (χ1n) is 7.25. The van der Waals surface area contributed by atoms with Crippen LogP contribution in [-0.2, 0) is 12.8 Å². The second-order valence-corrected chi connectivity index (χ2v) is 6.41. The zero-order valence-corrected chi connectivity index (χ0v) is 14.5. The molecule has 0 aliphatic carbocycles. The quantitative estimate of drug-likeness (QED) is 0.770. The van der Waals surface area contributed by atoms with Crippen molar-refractivity contribution in [3.05, 3.63) is 63.3 Å². The van der Waals surface area contributed by atoms with Gasteiger partial charge in [0.2, 0.25) is 0 Å². The Bertz CT molecular complexity index is 560. The molecule has 0 spiro atoms. The van der Waals surface area contributed by atoms with E-state index in [9.17, 15) is 0 Å². The van der Waals surface area contributed by atoms with Crippen molar-refractivity contribution in [2.75, 3.05) is 6.54 Å². The lowest BCUT2D eigenvalue weighted by atomic mass is 9.99. The molecule has 0 amide bonds. The van der Waals surface area contributed by atoms with E-state index in [1.54, 1.807) is 0 Å². The molecule has 112 valence electrons. The van der Waals surface area contributed by atoms with E-state index in [1.165, 1.54) is 11.1 Å². The predicted octanol–water partition coefficient (Wildman–Crippen LogP) is 4.65. The molecule has 0 aliphatic rings. The predicted molar refractivity (Wildman–Crippen MR) is 92.9 cm³/mol. The topological polar surface area (TPSA) is 24.9 Å². The van der Waals surface area contributed by atoms with Crippen molar-refractivity contribution in [3.8, 4) is 0 Å². The van der Waals surface area contributed by atoms with Crippen LogP contribution < -0.4 is 5.32 Å². The molecule has 1 atom stereocenters. The first-order valence-corrected chi connectivity index (χ1v) is 8.42. The summed E-state index contributed by atoms with van der Waals surface area (Å²) in [5, 5.41) is 4.39. The summed E-state index contributed by atoms with van der Waals surface area (Å²) in [4.78, 5) is 4.06. The summed E-state index contributed by atoms with van der Waals surface area (Å²) in [6, 6.07) is 10.7. The summed E-state index contributed by atoms with van der Waals surface area (Å²) in [5.41, 5.74) is 2.52. The fourth-order valence-electron chi connectivity index (χ4n) is 2.41. The molecule has 1 N–H and O–H groups in total. The third-order valence-electron chi connectivity index (χ3n) is 3.51. The number of likely N-dealkylation sites (N-methyl/N-ethyl adjacent to an activating group) is 1. The molecule has 1 heterocycles. The van der Waals surface area contributed by atoms with Crippen LogP contribution in [-0.4, -0.2) is 17.6 Å². The fraction of sp³-hybridized carbons (Fsp3) is 0.353. The SMILES string of the molecule is CCNC(CCc1ccncc1)Cc1ccc(Br)cc1Cl. The van der Waals surface area contributed by atoms with E-state index in [0.29, 0.717) is 6.04 Å². The first-order chi connectivity index (χ1) is 10.2. The van der Waals surface area contributed by atoms with Crippen LogP contribution in [0.25, 0.3) is 0 Å². The van der Waals surface area contributed by atoms with E-state index in [-0.39, 0.29) is 0 Å². The number of aromatic nitrogens is 1. The Labute approximate surface area is 140 Å². The molecule has 0 aliphatic heterocycles. The summed E-state index contributed by atoms with van der Waals surface area (Å²) in [6.07, 6.45) is 6.79. The number of pyridine rings is 1. The molecule has 0 radical (unpaired) electrons. The van der Waals surface area contributed by atoms with Crippen LogP contribution in [0.2, 0.25) is 5.02 Å². The van der Waals surface area contributed by atoms with Crippen molar-refractivity contribution < 1.29 is 0 Å². The van der Waals surface area contributed by atoms with Gasteiger partial charge in [0.05, 0.1) is 0 Å². The molecule has 0 bridgehead atoms. The van der Waals surface area contributed by atoms with E-state index >= 15 is 0 Å². The molecule has 2 rings (SSSR count). The largest absolute Gasteiger partial charge is 0.314 e. The van der Waals surface area contributed by atoms with Gasteiger partial charge in [-0.15, -0.1) is 0 Å². The van der Waals surface area contributed by atoms with Crippen LogP contribution >= 0.6 is 27.5 Å². The summed E-state index contributed by atoms with van der Waals surface area (Å²) in [5.74, 6) is 0. The summed E-state index contributed by atoms with van der Waals surface area (Å²) in [6.45, 7) is 3.11. The second-order valence-electron chi connectivity index (χ2n) is 5.09. The molecule has 1 unspecified atom stereocenters. The Morgan fingerprint density at radius 3 is 2.67 bits per heavy atom. The second kappa shape index (κ2) is 8.52. The lowest BCUT2D eigenvalue weighted by Gasteiger charge is -2.19. The maximum Gasteiger partial charge on any atom is 0.0449 e. The third-order valence-corrected chi connectivity index (χ3v) is 4.35. The number of hydrogen-bond donors (Lipinski definition) is 1. The number of rotatable bonds is 7. The van der Waals surface area contributed by atoms with Gasteiger partial charge in [0.1, 0.15) is 0 Å². The molecule has 1 aromatic heterocycles. The van der Waals surface area contributed by atoms with Crippen LogP contribution in [0.15, 0.2) is 47.2 Å². The lowest BCUT2D eigenvalue weighted by molar-refractivity contribution is 0.491. The first kappa shape index (κ1) is 16.5. The summed E-state index contributed by atoms with van der Waals surface area (Å²) < 4.78 is 1.02. The fourth-order valence-corrected chi connectivity index (χ4v) is 3.16. The molecule has 0 saturated carbocycles. The highest BCUT2D eigenvalue weighted by atomic mass is 79.9. The Morgan fingerprint density at radius 2 is 2.00 bits per heavy atom. The molecular formula is C17H20BrClN2. The van der Waals surface area contributed by atoms with Gasteiger partial charge in [0.15, 0.2) is 0 Å². The lowest BCUT2D eigenvalue weighted by Crippen LogP contribution is -2.31. The van der Waals surface area contributed by atoms with Gasteiger partial charge >= 0.3 is 0 Å². The summed E-state index contributed by atoms with van der Waals surface area (Å²) >= 11 is 9.77. The normalized spacial score (nSPS) is 12.3. The van der Waals surface area contributed by atoms with Gasteiger partial charge in [-0.05, 0) is 61.2 Å². The highest BCUT2D eigenvalue weighted by molar-refractivity contribution is 9.10. The van der Waals surface area contributed by atoms with E-state index in [2.05, 4.69) is 51.4 Å². The van der Waals surface area contributed by atoms with Gasteiger partial charge < -0.3 is 5.32 Å². The van der Waals surface area contributed by atoms with E-state index < -0.39 is 0 Å². The molecule has 4 heteroatoms. The molecular weight excluding hydrogens is 348 g/mol. The number of aryl methyl sites for hydroxylation is 1. The van der Waals surface area contributed by atoms with Gasteiger partial charge in [0, 0.05) is 27.9 Å². The van der Waals surface area contributed by atoms with Gasteiger partial charge in [-0.1, -0.05) is 40.5 Å². The van der Waals surface area contributed by atoms with Gasteiger partial charge in [0.25, 0.3) is 0 Å². The van der Waals surface area contributed by atoms with Crippen molar-refractivity contribution in [2.45, 2.75) is 32.2 Å². The average molecular weight is 368 g/mol. The van der Waals surface area contributed by atoms with Crippen molar-refractivity contribution in [3.63, 3.8) is 0 Å². The maximum absolute atomic E-state index is 6.32. The standard InChI is InChI=1S/C17H20BrClN2/c1-2-21-16(6-3-13-7-9-20-10-8-13)11-14-4-5-15(18)12-17(14)19/h4-5,7-10,12,16,21H,2-3,6,11H2,1H3. The number of nitrogens with zero attached hydrogens (tertiary/aromatic N) is 1. The third kappa shape index (κ3) is 5.42. The minimum atomic E-state index is 0.432. The van der Waals surface area contributed by atoms with Crippen molar-refractivity contribution in [1.82, 2.24) is 10.3 Å². The number of nitrogens with one attached hydrogen (secondary N) is 1. The van der Waals surface area contributed by atoms with Gasteiger partial charge in [-0.3, -0.25) is 4.98 Å². The molecule has 2 nitrogen and oxygen atoms in total. The average Bonchev–Trinajstić information content (AvgIpc) is 2.49. The Balaban J connectivity index is 1.98. The van der Waals surface area contributed by atoms with E-state index in [4.69, 9.17) is 11.6 Å². The van der Waals surface area contributed by atoms with E-state index in [1.807, 2.05) is 24.5 Å². The van der Waals surface area contributed by atoms with Gasteiger partial charge in [-0.2, -0.15) is 0 Å². The Morgan fingerprint density at radius 1 is 1.24 bits per heavy atom. The van der Waals surface area contributed by atoms with Crippen LogP contribution in [0.3, 0.4) is 0 Å². The Kier molecular flexibility index (Phi) is 6.68. The minimum absolute atomic E-state index is 0.432. The van der Waals surface area contributed by atoms with Crippen molar-refractivity contribution >= 4 is 27.5 Å². The van der Waals surface area contributed by atoms with Gasteiger partial charge in [-0.25, -0.2) is 0 Å². The number of benzene rings is 1. The van der Waals surface area contributed by atoms with E-state index in [0.717, 1.165) is 35.3 Å². The van der Waals surface area contributed by atoms with Crippen LogP contribution in [0.4, 0.5) is 0 Å². The van der Waals surface area contributed by atoms with Crippen molar-refractivity contribution in [2.24, 2.45) is 0 Å². The molecule has 0 fully saturated rings. The highest BCUT2D eigenvalue weighted by Crippen LogP contribution is 2.23. The van der Waals surface area contributed by atoms with Crippen LogP contribution in [0.5, 0.6) is 0 Å². The molecule has 2 aromatic rings.